The molecule has 0 aliphatic heterocycles. The van der Waals surface area contributed by atoms with Gasteiger partial charge in [0.15, 0.2) is 0 Å². The Morgan fingerprint density at radius 2 is 1.87 bits per heavy atom. The monoisotopic (exact) mass is 235 g/mol. The topological polar surface area (TPSA) is 49.3 Å². The molecule has 0 aromatic carbocycles. The van der Waals surface area contributed by atoms with Gasteiger partial charge >= 0.3 is 0 Å². The first-order valence-corrected chi connectivity index (χ1v) is 7.29. The molecule has 0 aromatic rings. The zero-order chi connectivity index (χ0) is 11.7. The second-order valence-electron chi connectivity index (χ2n) is 3.97. The van der Waals surface area contributed by atoms with E-state index in [0.717, 1.165) is 31.7 Å². The first kappa shape index (κ1) is 15.1. The molecule has 0 spiro atoms. The predicted molar refractivity (Wildman–Crippen MR) is 66.5 cm³/mol. The van der Waals surface area contributed by atoms with Crippen LogP contribution in [0.1, 0.15) is 33.6 Å². The number of aliphatic hydroxyl groups excluding tert-OH is 1. The van der Waals surface area contributed by atoms with Crippen molar-refractivity contribution in [1.82, 2.24) is 5.32 Å². The molecule has 0 heterocycles. The first-order chi connectivity index (χ1) is 7.14. The fraction of sp³-hybridized carbons (Fsp3) is 1.00. The van der Waals surface area contributed by atoms with Crippen LogP contribution < -0.4 is 5.32 Å². The fourth-order valence-corrected chi connectivity index (χ4v) is 2.12. The van der Waals surface area contributed by atoms with Gasteiger partial charge in [0, 0.05) is 47.4 Å². The van der Waals surface area contributed by atoms with Gasteiger partial charge < -0.3 is 10.4 Å². The number of hydrogen-bond acceptors (Lipinski definition) is 3. The summed E-state index contributed by atoms with van der Waals surface area (Å²) in [6.45, 7) is 7.97. The highest BCUT2D eigenvalue weighted by Gasteiger charge is 2.24. The van der Waals surface area contributed by atoms with E-state index in [1.54, 1.807) is 0 Å². The SMILES string of the molecule is CCS(=O)CCNCC(CC)(CC)CO. The fourth-order valence-electron chi connectivity index (χ4n) is 1.46. The van der Waals surface area contributed by atoms with Crippen molar-refractivity contribution in [3.63, 3.8) is 0 Å². The van der Waals surface area contributed by atoms with Gasteiger partial charge in [0.1, 0.15) is 0 Å². The van der Waals surface area contributed by atoms with Crippen LogP contribution in [0.3, 0.4) is 0 Å². The Kier molecular flexibility index (Phi) is 8.29. The summed E-state index contributed by atoms with van der Waals surface area (Å²) < 4.78 is 11.2. The molecule has 15 heavy (non-hydrogen) atoms. The minimum Gasteiger partial charge on any atom is -0.396 e. The zero-order valence-corrected chi connectivity index (χ0v) is 11.0. The number of nitrogens with one attached hydrogen (secondary N) is 1. The van der Waals surface area contributed by atoms with E-state index in [1.165, 1.54) is 0 Å². The first-order valence-electron chi connectivity index (χ1n) is 5.80. The number of rotatable bonds is 9. The Morgan fingerprint density at radius 1 is 1.27 bits per heavy atom. The molecule has 0 rings (SSSR count). The molecule has 0 aromatic heterocycles. The molecular weight excluding hydrogens is 210 g/mol. The Hall–Kier alpha value is 0.0700. The van der Waals surface area contributed by atoms with Gasteiger partial charge in [-0.05, 0) is 12.8 Å². The van der Waals surface area contributed by atoms with Gasteiger partial charge in [-0.1, -0.05) is 20.8 Å². The van der Waals surface area contributed by atoms with E-state index in [4.69, 9.17) is 0 Å². The summed E-state index contributed by atoms with van der Waals surface area (Å²) >= 11 is 0. The molecule has 1 atom stereocenters. The summed E-state index contributed by atoms with van der Waals surface area (Å²) in [5.74, 6) is 1.44. The van der Waals surface area contributed by atoms with Gasteiger partial charge in [-0.15, -0.1) is 0 Å². The average Bonchev–Trinajstić information content (AvgIpc) is 2.30. The van der Waals surface area contributed by atoms with Gasteiger partial charge in [0.05, 0.1) is 0 Å². The molecule has 1 unspecified atom stereocenters. The molecule has 0 bridgehead atoms. The predicted octanol–water partition coefficient (Wildman–Crippen LogP) is 1.14. The van der Waals surface area contributed by atoms with E-state index >= 15 is 0 Å². The summed E-state index contributed by atoms with van der Waals surface area (Å²) in [7, 11) is -0.686. The lowest BCUT2D eigenvalue weighted by molar-refractivity contribution is 0.114. The van der Waals surface area contributed by atoms with Crippen LogP contribution in [-0.2, 0) is 10.8 Å². The Bertz CT molecular complexity index is 173. The van der Waals surface area contributed by atoms with Gasteiger partial charge in [0.25, 0.3) is 0 Å². The zero-order valence-electron chi connectivity index (χ0n) is 10.2. The van der Waals surface area contributed by atoms with Crippen molar-refractivity contribution >= 4 is 10.8 Å². The Labute approximate surface area is 96.1 Å². The standard InChI is InChI=1S/C11H25NO2S/c1-4-11(5-2,10-13)9-12-7-8-15(14)6-3/h12-13H,4-10H2,1-3H3. The highest BCUT2D eigenvalue weighted by atomic mass is 32.2. The van der Waals surface area contributed by atoms with Crippen LogP contribution in [0.5, 0.6) is 0 Å². The van der Waals surface area contributed by atoms with E-state index in [2.05, 4.69) is 19.2 Å². The van der Waals surface area contributed by atoms with Crippen LogP contribution in [0.4, 0.5) is 0 Å². The second-order valence-corrected chi connectivity index (χ2v) is 5.84. The van der Waals surface area contributed by atoms with Crippen molar-refractivity contribution in [2.75, 3.05) is 31.2 Å². The lowest BCUT2D eigenvalue weighted by atomic mass is 9.83. The van der Waals surface area contributed by atoms with Crippen molar-refractivity contribution in [3.8, 4) is 0 Å². The molecule has 2 N–H and O–H groups in total. The highest BCUT2D eigenvalue weighted by molar-refractivity contribution is 7.84. The average molecular weight is 235 g/mol. The van der Waals surface area contributed by atoms with Gasteiger partial charge in [-0.3, -0.25) is 4.21 Å². The molecule has 0 amide bonds. The Balaban J connectivity index is 3.76. The third-order valence-electron chi connectivity index (χ3n) is 3.16. The van der Waals surface area contributed by atoms with Crippen molar-refractivity contribution in [1.29, 1.82) is 0 Å². The lowest BCUT2D eigenvalue weighted by Gasteiger charge is -2.29. The van der Waals surface area contributed by atoms with Crippen molar-refractivity contribution in [2.45, 2.75) is 33.6 Å². The molecule has 0 aliphatic rings. The third-order valence-corrected chi connectivity index (χ3v) is 4.47. The van der Waals surface area contributed by atoms with Crippen LogP contribution in [0, 0.1) is 5.41 Å². The van der Waals surface area contributed by atoms with Crippen LogP contribution in [-0.4, -0.2) is 40.5 Å². The molecule has 4 heteroatoms. The Morgan fingerprint density at radius 3 is 2.27 bits per heavy atom. The third kappa shape index (κ3) is 5.64. The van der Waals surface area contributed by atoms with Crippen molar-refractivity contribution in [2.24, 2.45) is 5.41 Å². The largest absolute Gasteiger partial charge is 0.396 e. The quantitative estimate of drug-likeness (QED) is 0.589. The van der Waals surface area contributed by atoms with Crippen molar-refractivity contribution < 1.29 is 9.32 Å². The van der Waals surface area contributed by atoms with E-state index in [0.29, 0.717) is 5.75 Å². The summed E-state index contributed by atoms with van der Waals surface area (Å²) in [6, 6.07) is 0. The van der Waals surface area contributed by atoms with Gasteiger partial charge in [-0.2, -0.15) is 0 Å². The van der Waals surface area contributed by atoms with Crippen molar-refractivity contribution in [3.05, 3.63) is 0 Å². The molecule has 92 valence electrons. The maximum absolute atomic E-state index is 11.2. The van der Waals surface area contributed by atoms with Crippen LogP contribution >= 0.6 is 0 Å². The van der Waals surface area contributed by atoms with E-state index in [-0.39, 0.29) is 12.0 Å². The molecule has 0 aliphatic carbocycles. The van der Waals surface area contributed by atoms with Crippen LogP contribution in [0.15, 0.2) is 0 Å². The minimum absolute atomic E-state index is 0.00765. The van der Waals surface area contributed by atoms with E-state index in [9.17, 15) is 9.32 Å². The number of hydrogen-bond donors (Lipinski definition) is 2. The number of aliphatic hydroxyl groups is 1. The lowest BCUT2D eigenvalue weighted by Crippen LogP contribution is -2.38. The molecule has 0 radical (unpaired) electrons. The summed E-state index contributed by atoms with van der Waals surface area (Å²) in [5, 5.41) is 12.6. The minimum atomic E-state index is -0.686. The van der Waals surface area contributed by atoms with Crippen LogP contribution in [0.2, 0.25) is 0 Å². The van der Waals surface area contributed by atoms with Gasteiger partial charge in [-0.25, -0.2) is 0 Å². The van der Waals surface area contributed by atoms with Crippen LogP contribution in [0.25, 0.3) is 0 Å². The summed E-state index contributed by atoms with van der Waals surface area (Å²) in [4.78, 5) is 0. The molecule has 0 saturated heterocycles. The molecule has 0 saturated carbocycles. The summed E-state index contributed by atoms with van der Waals surface area (Å²) in [6.07, 6.45) is 1.95. The van der Waals surface area contributed by atoms with Gasteiger partial charge in [0.2, 0.25) is 0 Å². The summed E-state index contributed by atoms with van der Waals surface area (Å²) in [5.41, 5.74) is 0.00765. The normalized spacial score (nSPS) is 14.1. The molecule has 0 fully saturated rings. The second kappa shape index (κ2) is 8.25. The highest BCUT2D eigenvalue weighted by Crippen LogP contribution is 2.24. The maximum atomic E-state index is 11.2. The maximum Gasteiger partial charge on any atom is 0.0499 e. The molecular formula is C11H25NO2S. The molecule has 3 nitrogen and oxygen atoms in total. The van der Waals surface area contributed by atoms with E-state index in [1.807, 2.05) is 6.92 Å². The smallest absolute Gasteiger partial charge is 0.0499 e. The van der Waals surface area contributed by atoms with E-state index < -0.39 is 10.8 Å².